The molecule has 0 N–H and O–H groups in total. The summed E-state index contributed by atoms with van der Waals surface area (Å²) in [5, 5.41) is 0. The molecular formula is C24H28O4. The molecule has 0 spiro atoms. The van der Waals surface area contributed by atoms with Crippen LogP contribution in [-0.4, -0.2) is 27.1 Å². The van der Waals surface area contributed by atoms with E-state index in [0.717, 1.165) is 5.56 Å². The van der Waals surface area contributed by atoms with E-state index in [2.05, 4.69) is 12.1 Å². The maximum atomic E-state index is 12.6. The monoisotopic (exact) mass is 380 g/mol. The van der Waals surface area contributed by atoms with Gasteiger partial charge in [0.05, 0.1) is 21.3 Å². The molecule has 0 bridgehead atoms. The van der Waals surface area contributed by atoms with E-state index in [1.54, 1.807) is 33.5 Å². The van der Waals surface area contributed by atoms with Crippen molar-refractivity contribution < 1.29 is 19.0 Å². The van der Waals surface area contributed by atoms with E-state index in [4.69, 9.17) is 14.2 Å². The first-order valence-electron chi connectivity index (χ1n) is 9.78. The molecule has 0 amide bonds. The first kappa shape index (κ1) is 20.0. The van der Waals surface area contributed by atoms with Gasteiger partial charge in [-0.15, -0.1) is 0 Å². The number of ketones is 1. The van der Waals surface area contributed by atoms with Crippen molar-refractivity contribution in [2.24, 2.45) is 0 Å². The van der Waals surface area contributed by atoms with Crippen molar-refractivity contribution in [1.29, 1.82) is 0 Å². The number of hydrogen-bond acceptors (Lipinski definition) is 4. The predicted molar refractivity (Wildman–Crippen MR) is 112 cm³/mol. The van der Waals surface area contributed by atoms with Crippen LogP contribution < -0.4 is 14.2 Å². The zero-order valence-corrected chi connectivity index (χ0v) is 16.9. The molecule has 0 aromatic heterocycles. The highest BCUT2D eigenvalue weighted by Crippen LogP contribution is 2.38. The van der Waals surface area contributed by atoms with Crippen LogP contribution in [0.3, 0.4) is 0 Å². The first-order valence-corrected chi connectivity index (χ1v) is 9.78. The van der Waals surface area contributed by atoms with E-state index >= 15 is 0 Å². The zero-order chi connectivity index (χ0) is 19.9. The molecule has 1 aliphatic carbocycles. The van der Waals surface area contributed by atoms with Crippen molar-refractivity contribution in [2.45, 2.75) is 38.0 Å². The number of ether oxygens (including phenoxy) is 3. The lowest BCUT2D eigenvalue weighted by atomic mass is 9.84. The molecule has 4 nitrogen and oxygen atoms in total. The van der Waals surface area contributed by atoms with E-state index in [9.17, 15) is 4.79 Å². The molecule has 2 aromatic carbocycles. The van der Waals surface area contributed by atoms with Crippen LogP contribution in [0.4, 0.5) is 0 Å². The minimum Gasteiger partial charge on any atom is -0.493 e. The molecule has 1 saturated carbocycles. The Hall–Kier alpha value is -2.75. The Labute approximate surface area is 167 Å². The average molecular weight is 380 g/mol. The highest BCUT2D eigenvalue weighted by molar-refractivity contribution is 6.06. The number of allylic oxidation sites excluding steroid dienone is 1. The van der Waals surface area contributed by atoms with Gasteiger partial charge in [0.1, 0.15) is 0 Å². The Morgan fingerprint density at radius 2 is 1.50 bits per heavy atom. The predicted octanol–water partition coefficient (Wildman–Crippen LogP) is 5.66. The molecule has 4 heteroatoms. The van der Waals surface area contributed by atoms with E-state index < -0.39 is 0 Å². The fourth-order valence-corrected chi connectivity index (χ4v) is 3.82. The topological polar surface area (TPSA) is 44.8 Å². The smallest absolute Gasteiger partial charge is 0.203 e. The number of rotatable bonds is 7. The van der Waals surface area contributed by atoms with Crippen molar-refractivity contribution in [3.63, 3.8) is 0 Å². The lowest BCUT2D eigenvalue weighted by Crippen LogP contribution is -2.05. The lowest BCUT2D eigenvalue weighted by Gasteiger charge is -2.21. The summed E-state index contributed by atoms with van der Waals surface area (Å²) in [5.74, 6) is 2.28. The number of carbonyl (C=O) groups excluding carboxylic acids is 1. The molecule has 148 valence electrons. The van der Waals surface area contributed by atoms with Gasteiger partial charge >= 0.3 is 0 Å². The highest BCUT2D eigenvalue weighted by atomic mass is 16.5. The summed E-state index contributed by atoms with van der Waals surface area (Å²) < 4.78 is 16.0. The summed E-state index contributed by atoms with van der Waals surface area (Å²) in [7, 11) is 4.71. The van der Waals surface area contributed by atoms with Gasteiger partial charge in [-0.25, -0.2) is 0 Å². The Bertz CT molecular complexity index is 805. The van der Waals surface area contributed by atoms with Crippen LogP contribution in [0.2, 0.25) is 0 Å². The number of methoxy groups -OCH3 is 3. The van der Waals surface area contributed by atoms with Crippen LogP contribution in [0, 0.1) is 0 Å². The summed E-state index contributed by atoms with van der Waals surface area (Å²) in [6.07, 6.45) is 9.82. The van der Waals surface area contributed by atoms with E-state index in [0.29, 0.717) is 28.7 Å². The van der Waals surface area contributed by atoms with E-state index in [-0.39, 0.29) is 5.78 Å². The van der Waals surface area contributed by atoms with Gasteiger partial charge in [0.25, 0.3) is 0 Å². The van der Waals surface area contributed by atoms with Gasteiger partial charge < -0.3 is 14.2 Å². The van der Waals surface area contributed by atoms with Crippen LogP contribution in [0.1, 0.15) is 59.5 Å². The molecule has 1 aliphatic rings. The summed E-state index contributed by atoms with van der Waals surface area (Å²) in [4.78, 5) is 12.6. The van der Waals surface area contributed by atoms with Crippen molar-refractivity contribution >= 4 is 11.9 Å². The van der Waals surface area contributed by atoms with Gasteiger partial charge in [-0.05, 0) is 48.1 Å². The molecule has 1 fully saturated rings. The van der Waals surface area contributed by atoms with Crippen LogP contribution in [0.15, 0.2) is 42.5 Å². The second-order valence-corrected chi connectivity index (χ2v) is 7.11. The minimum absolute atomic E-state index is 0.0241. The maximum Gasteiger partial charge on any atom is 0.203 e. The van der Waals surface area contributed by atoms with Gasteiger partial charge in [0.15, 0.2) is 17.3 Å². The number of benzene rings is 2. The van der Waals surface area contributed by atoms with Crippen LogP contribution in [0.25, 0.3) is 6.08 Å². The average Bonchev–Trinajstić information content (AvgIpc) is 2.77. The quantitative estimate of drug-likeness (QED) is 0.459. The maximum absolute atomic E-state index is 12.6. The molecule has 3 rings (SSSR count). The molecule has 2 aromatic rings. The lowest BCUT2D eigenvalue weighted by molar-refractivity contribution is 0.104. The van der Waals surface area contributed by atoms with Crippen molar-refractivity contribution in [1.82, 2.24) is 0 Å². The second kappa shape index (κ2) is 9.45. The van der Waals surface area contributed by atoms with Gasteiger partial charge in [0, 0.05) is 5.56 Å². The SMILES string of the molecule is COc1cc(C=CC(=O)c2ccc(C3CCCCC3)cc2)cc(OC)c1OC. The molecular weight excluding hydrogens is 352 g/mol. The van der Waals surface area contributed by atoms with Crippen molar-refractivity contribution in [2.75, 3.05) is 21.3 Å². The fourth-order valence-electron chi connectivity index (χ4n) is 3.82. The number of carbonyl (C=O) groups is 1. The summed E-state index contributed by atoms with van der Waals surface area (Å²) in [6, 6.07) is 11.7. The normalized spacial score (nSPS) is 14.8. The number of hydrogen-bond donors (Lipinski definition) is 0. The molecule has 28 heavy (non-hydrogen) atoms. The summed E-state index contributed by atoms with van der Waals surface area (Å²) in [5.41, 5.74) is 2.86. The third-order valence-electron chi connectivity index (χ3n) is 5.39. The molecule has 0 saturated heterocycles. The Balaban J connectivity index is 1.74. The largest absolute Gasteiger partial charge is 0.493 e. The molecule has 0 radical (unpaired) electrons. The van der Waals surface area contributed by atoms with Crippen LogP contribution in [-0.2, 0) is 0 Å². The first-order chi connectivity index (χ1) is 13.7. The standard InChI is InChI=1S/C24H28O4/c1-26-22-15-17(16-23(27-2)24(22)28-3)9-14-21(25)20-12-10-19(11-13-20)18-7-5-4-6-8-18/h9-16,18H,4-8H2,1-3H3. The molecule has 0 atom stereocenters. The minimum atomic E-state index is -0.0241. The third kappa shape index (κ3) is 4.56. The van der Waals surface area contributed by atoms with Gasteiger partial charge in [-0.3, -0.25) is 4.79 Å². The highest BCUT2D eigenvalue weighted by Gasteiger charge is 2.16. The fraction of sp³-hybridized carbons (Fsp3) is 0.375. The van der Waals surface area contributed by atoms with E-state index in [1.807, 2.05) is 24.3 Å². The molecule has 0 aliphatic heterocycles. The Kier molecular flexibility index (Phi) is 6.75. The molecule has 0 unspecified atom stereocenters. The Morgan fingerprint density at radius 1 is 0.893 bits per heavy atom. The second-order valence-electron chi connectivity index (χ2n) is 7.11. The summed E-state index contributed by atoms with van der Waals surface area (Å²) in [6.45, 7) is 0. The van der Waals surface area contributed by atoms with Crippen molar-refractivity contribution in [3.05, 3.63) is 59.2 Å². The van der Waals surface area contributed by atoms with Crippen molar-refractivity contribution in [3.8, 4) is 17.2 Å². The molecule has 0 heterocycles. The summed E-state index contributed by atoms with van der Waals surface area (Å²) >= 11 is 0. The van der Waals surface area contributed by atoms with Crippen LogP contribution in [0.5, 0.6) is 17.2 Å². The van der Waals surface area contributed by atoms with Gasteiger partial charge in [-0.2, -0.15) is 0 Å². The third-order valence-corrected chi connectivity index (χ3v) is 5.39. The Morgan fingerprint density at radius 3 is 2.04 bits per heavy atom. The van der Waals surface area contributed by atoms with Crippen LogP contribution >= 0.6 is 0 Å². The van der Waals surface area contributed by atoms with Gasteiger partial charge in [-0.1, -0.05) is 49.6 Å². The van der Waals surface area contributed by atoms with E-state index in [1.165, 1.54) is 37.7 Å². The zero-order valence-electron chi connectivity index (χ0n) is 16.9. The van der Waals surface area contributed by atoms with Gasteiger partial charge in [0.2, 0.25) is 5.75 Å².